The molecule has 3 heterocycles. The maximum absolute atomic E-state index is 5.70. The zero-order valence-electron chi connectivity index (χ0n) is 13.5. The number of anilines is 1. The van der Waals surface area contributed by atoms with Crippen LogP contribution >= 0.6 is 0 Å². The third kappa shape index (κ3) is 3.32. The molecule has 22 heavy (non-hydrogen) atoms. The minimum Gasteiger partial charge on any atom is -0.468 e. The number of nitrogens with one attached hydrogen (secondary N) is 1. The van der Waals surface area contributed by atoms with E-state index in [4.69, 9.17) is 8.83 Å². The first-order chi connectivity index (χ1) is 10.5. The van der Waals surface area contributed by atoms with Crippen molar-refractivity contribution < 1.29 is 8.83 Å². The monoisotopic (exact) mass is 304 g/mol. The van der Waals surface area contributed by atoms with Gasteiger partial charge in [-0.25, -0.2) is 0 Å². The Morgan fingerprint density at radius 3 is 2.64 bits per heavy atom. The van der Waals surface area contributed by atoms with E-state index in [0.717, 1.165) is 18.8 Å². The van der Waals surface area contributed by atoms with Crippen LogP contribution in [0.4, 0.5) is 6.01 Å². The van der Waals surface area contributed by atoms with Gasteiger partial charge in [0.2, 0.25) is 5.89 Å². The van der Waals surface area contributed by atoms with Gasteiger partial charge in [0.15, 0.2) is 0 Å². The van der Waals surface area contributed by atoms with E-state index in [1.54, 1.807) is 6.26 Å². The Hall–Kier alpha value is -1.82. The van der Waals surface area contributed by atoms with E-state index in [1.807, 2.05) is 12.1 Å². The van der Waals surface area contributed by atoms with Gasteiger partial charge in [0, 0.05) is 12.0 Å². The highest BCUT2D eigenvalue weighted by atomic mass is 16.4. The second-order valence-corrected chi connectivity index (χ2v) is 6.82. The van der Waals surface area contributed by atoms with Crippen LogP contribution in [0.15, 0.2) is 27.2 Å². The molecule has 1 atom stereocenters. The average Bonchev–Trinajstić information content (AvgIpc) is 3.22. The molecule has 0 amide bonds. The van der Waals surface area contributed by atoms with E-state index in [-0.39, 0.29) is 11.5 Å². The van der Waals surface area contributed by atoms with E-state index in [0.29, 0.717) is 18.5 Å². The van der Waals surface area contributed by atoms with Crippen LogP contribution in [0.25, 0.3) is 0 Å². The van der Waals surface area contributed by atoms with Crippen LogP contribution in [-0.4, -0.2) is 34.7 Å². The molecule has 3 rings (SSSR count). The molecule has 1 fully saturated rings. The molecular formula is C16H24N4O2. The van der Waals surface area contributed by atoms with Gasteiger partial charge < -0.3 is 14.2 Å². The van der Waals surface area contributed by atoms with E-state index in [1.165, 1.54) is 12.8 Å². The summed E-state index contributed by atoms with van der Waals surface area (Å²) in [6.07, 6.45) is 4.21. The summed E-state index contributed by atoms with van der Waals surface area (Å²) in [5.41, 5.74) is -0.137. The fourth-order valence-corrected chi connectivity index (χ4v) is 2.73. The Balaban J connectivity index is 1.67. The van der Waals surface area contributed by atoms with Gasteiger partial charge in [-0.05, 0) is 38.1 Å². The molecule has 0 unspecified atom stereocenters. The zero-order valence-corrected chi connectivity index (χ0v) is 13.5. The Kier molecular flexibility index (Phi) is 4.20. The van der Waals surface area contributed by atoms with Crippen LogP contribution in [0.3, 0.4) is 0 Å². The van der Waals surface area contributed by atoms with Crippen molar-refractivity contribution in [2.24, 2.45) is 0 Å². The normalized spacial score (nSPS) is 17.8. The molecule has 1 saturated heterocycles. The van der Waals surface area contributed by atoms with Gasteiger partial charge >= 0.3 is 6.01 Å². The molecule has 120 valence electrons. The largest absolute Gasteiger partial charge is 0.468 e. The Morgan fingerprint density at radius 1 is 1.27 bits per heavy atom. The van der Waals surface area contributed by atoms with Gasteiger partial charge in [-0.15, -0.1) is 5.10 Å². The number of likely N-dealkylation sites (tertiary alicyclic amines) is 1. The predicted molar refractivity (Wildman–Crippen MR) is 83.7 cm³/mol. The summed E-state index contributed by atoms with van der Waals surface area (Å²) in [6.45, 7) is 9.06. The summed E-state index contributed by atoms with van der Waals surface area (Å²) < 4.78 is 11.3. The summed E-state index contributed by atoms with van der Waals surface area (Å²) >= 11 is 0. The smallest absolute Gasteiger partial charge is 0.315 e. The van der Waals surface area contributed by atoms with Crippen LogP contribution < -0.4 is 5.32 Å². The van der Waals surface area contributed by atoms with Gasteiger partial charge in [0.05, 0.1) is 12.3 Å². The van der Waals surface area contributed by atoms with Crippen molar-refractivity contribution in [3.05, 3.63) is 30.0 Å². The Labute approximate surface area is 130 Å². The Morgan fingerprint density at radius 2 is 2.05 bits per heavy atom. The van der Waals surface area contributed by atoms with Crippen LogP contribution in [0.1, 0.15) is 51.3 Å². The predicted octanol–water partition coefficient (Wildman–Crippen LogP) is 3.21. The summed E-state index contributed by atoms with van der Waals surface area (Å²) in [7, 11) is 0. The molecule has 0 bridgehead atoms. The quantitative estimate of drug-likeness (QED) is 0.915. The van der Waals surface area contributed by atoms with Crippen LogP contribution in [0.2, 0.25) is 0 Å². The molecule has 0 saturated carbocycles. The first kappa shape index (κ1) is 15.1. The highest BCUT2D eigenvalue weighted by Gasteiger charge is 2.26. The minimum absolute atomic E-state index is 0.137. The van der Waals surface area contributed by atoms with Gasteiger partial charge in [-0.2, -0.15) is 0 Å². The number of hydrogen-bond donors (Lipinski definition) is 1. The molecule has 1 aliphatic rings. The van der Waals surface area contributed by atoms with Crippen LogP contribution in [0.5, 0.6) is 0 Å². The third-order valence-corrected chi connectivity index (χ3v) is 3.97. The molecule has 0 aromatic carbocycles. The molecule has 0 aliphatic carbocycles. The third-order valence-electron chi connectivity index (χ3n) is 3.97. The van der Waals surface area contributed by atoms with E-state index in [9.17, 15) is 0 Å². The topological polar surface area (TPSA) is 67.3 Å². The lowest BCUT2D eigenvalue weighted by atomic mass is 9.97. The number of rotatable bonds is 5. The lowest BCUT2D eigenvalue weighted by Crippen LogP contribution is -2.30. The molecule has 6 nitrogen and oxygen atoms in total. The van der Waals surface area contributed by atoms with Crippen LogP contribution in [0, 0.1) is 0 Å². The fraction of sp³-hybridized carbons (Fsp3) is 0.625. The van der Waals surface area contributed by atoms with Crippen molar-refractivity contribution in [3.63, 3.8) is 0 Å². The lowest BCUT2D eigenvalue weighted by Gasteiger charge is -2.25. The van der Waals surface area contributed by atoms with Crippen molar-refractivity contribution in [2.45, 2.75) is 45.1 Å². The van der Waals surface area contributed by atoms with E-state index < -0.39 is 0 Å². The van der Waals surface area contributed by atoms with E-state index in [2.05, 4.69) is 41.2 Å². The van der Waals surface area contributed by atoms with Crippen molar-refractivity contribution in [1.29, 1.82) is 0 Å². The summed E-state index contributed by atoms with van der Waals surface area (Å²) in [5, 5.41) is 11.5. The standard InChI is InChI=1S/C16H24N4O2/c1-16(2,3)14-18-19-15(22-14)17-11-12(13-7-6-10-21-13)20-8-4-5-9-20/h6-7,10,12H,4-5,8-9,11H2,1-3H3,(H,17,19)/t12-/m0/s1. The molecular weight excluding hydrogens is 280 g/mol. The highest BCUT2D eigenvalue weighted by Crippen LogP contribution is 2.27. The van der Waals surface area contributed by atoms with Crippen molar-refractivity contribution in [3.8, 4) is 0 Å². The first-order valence-corrected chi connectivity index (χ1v) is 7.89. The van der Waals surface area contributed by atoms with Crippen molar-refractivity contribution in [1.82, 2.24) is 15.1 Å². The highest BCUT2D eigenvalue weighted by molar-refractivity contribution is 5.20. The summed E-state index contributed by atoms with van der Waals surface area (Å²) in [4.78, 5) is 2.44. The molecule has 2 aromatic rings. The second-order valence-electron chi connectivity index (χ2n) is 6.82. The molecule has 0 radical (unpaired) electrons. The van der Waals surface area contributed by atoms with Crippen LogP contribution in [-0.2, 0) is 5.41 Å². The number of hydrogen-bond acceptors (Lipinski definition) is 6. The summed E-state index contributed by atoms with van der Waals surface area (Å²) in [5.74, 6) is 1.62. The van der Waals surface area contributed by atoms with Crippen molar-refractivity contribution >= 4 is 6.01 Å². The number of furan rings is 1. The fourth-order valence-electron chi connectivity index (χ4n) is 2.73. The molecule has 1 aliphatic heterocycles. The Bertz CT molecular complexity index is 580. The molecule has 2 aromatic heterocycles. The molecule has 6 heteroatoms. The second kappa shape index (κ2) is 6.12. The number of nitrogens with zero attached hydrogens (tertiary/aromatic N) is 3. The minimum atomic E-state index is -0.137. The maximum Gasteiger partial charge on any atom is 0.315 e. The lowest BCUT2D eigenvalue weighted by molar-refractivity contribution is 0.224. The van der Waals surface area contributed by atoms with Crippen molar-refractivity contribution in [2.75, 3.05) is 25.0 Å². The van der Waals surface area contributed by atoms with Gasteiger partial charge in [-0.3, -0.25) is 4.90 Å². The molecule has 1 N–H and O–H groups in total. The first-order valence-electron chi connectivity index (χ1n) is 7.89. The zero-order chi connectivity index (χ0) is 15.6. The van der Waals surface area contributed by atoms with Gasteiger partial charge in [0.25, 0.3) is 0 Å². The van der Waals surface area contributed by atoms with Gasteiger partial charge in [-0.1, -0.05) is 25.9 Å². The average molecular weight is 304 g/mol. The van der Waals surface area contributed by atoms with Gasteiger partial charge in [0.1, 0.15) is 5.76 Å². The maximum atomic E-state index is 5.70. The molecule has 0 spiro atoms. The SMILES string of the molecule is CC(C)(C)c1nnc(NC[C@@H](c2ccco2)N2CCCC2)o1. The summed E-state index contributed by atoms with van der Waals surface area (Å²) in [6, 6.07) is 4.63. The van der Waals surface area contributed by atoms with E-state index >= 15 is 0 Å². The number of aromatic nitrogens is 2.